The molecule has 0 amide bonds. The van der Waals surface area contributed by atoms with Crippen LogP contribution in [0.5, 0.6) is 0 Å². The van der Waals surface area contributed by atoms with Crippen LogP contribution in [-0.2, 0) is 13.1 Å². The molecule has 0 atom stereocenters. The number of rotatable bonds is 6. The van der Waals surface area contributed by atoms with Gasteiger partial charge in [-0.3, -0.25) is 4.90 Å². The lowest BCUT2D eigenvalue weighted by Crippen LogP contribution is -2.21. The summed E-state index contributed by atoms with van der Waals surface area (Å²) in [5, 5.41) is 4.16. The van der Waals surface area contributed by atoms with Gasteiger partial charge in [0.05, 0.1) is 10.9 Å². The summed E-state index contributed by atoms with van der Waals surface area (Å²) in [6, 6.07) is 16.1. The van der Waals surface area contributed by atoms with E-state index in [1.807, 2.05) is 42.5 Å². The quantitative estimate of drug-likeness (QED) is 0.630. The number of nitrogens with zero attached hydrogens (tertiary/aromatic N) is 2. The lowest BCUT2D eigenvalue weighted by molar-refractivity contribution is 0.236. The molecule has 5 heteroatoms. The summed E-state index contributed by atoms with van der Waals surface area (Å²) < 4.78 is 6.31. The van der Waals surface area contributed by atoms with E-state index < -0.39 is 0 Å². The maximum atomic E-state index is 5.99. The summed E-state index contributed by atoms with van der Waals surface area (Å²) in [7, 11) is 0. The Morgan fingerprint density at radius 2 is 1.95 bits per heavy atom. The molecular weight excluding hydrogens is 316 g/mol. The van der Waals surface area contributed by atoms with Gasteiger partial charge in [0.1, 0.15) is 5.69 Å². The molecule has 0 spiro atoms. The van der Waals surface area contributed by atoms with Crippen LogP contribution in [0.3, 0.4) is 0 Å². The Morgan fingerprint density at radius 3 is 2.64 bits per heavy atom. The summed E-state index contributed by atoms with van der Waals surface area (Å²) in [5.74, 6) is 0.878. The molecule has 3 aromatic rings. The molecule has 1 aromatic carbocycles. The van der Waals surface area contributed by atoms with E-state index in [0.29, 0.717) is 0 Å². The highest BCUT2D eigenvalue weighted by Crippen LogP contribution is 2.24. The monoisotopic (exact) mass is 332 g/mol. The van der Waals surface area contributed by atoms with Crippen molar-refractivity contribution in [3.05, 3.63) is 63.5 Å². The molecule has 0 aliphatic carbocycles. The first-order chi connectivity index (χ1) is 10.7. The van der Waals surface area contributed by atoms with E-state index in [1.54, 1.807) is 11.3 Å². The molecular formula is C17H17ClN2OS. The molecule has 22 heavy (non-hydrogen) atoms. The average molecular weight is 333 g/mol. The highest BCUT2D eigenvalue weighted by Gasteiger charge is 2.11. The van der Waals surface area contributed by atoms with Crippen LogP contribution in [0, 0.1) is 0 Å². The molecule has 0 bridgehead atoms. The van der Waals surface area contributed by atoms with Crippen molar-refractivity contribution >= 4 is 22.9 Å². The van der Waals surface area contributed by atoms with Gasteiger partial charge in [-0.1, -0.05) is 54.0 Å². The van der Waals surface area contributed by atoms with E-state index in [-0.39, 0.29) is 0 Å². The maximum absolute atomic E-state index is 5.99. The standard InChI is InChI=1S/C17H17ClN2OS/c1-2-20(12-15-8-9-17(18)22-15)11-14-10-16(19-21-14)13-6-4-3-5-7-13/h3-10H,2,11-12H2,1H3. The molecule has 3 rings (SSSR count). The van der Waals surface area contributed by atoms with Crippen molar-refractivity contribution in [2.24, 2.45) is 0 Å². The SMILES string of the molecule is CCN(Cc1cc(-c2ccccc2)no1)Cc1ccc(Cl)s1. The van der Waals surface area contributed by atoms with Gasteiger partial charge in [0, 0.05) is 23.1 Å². The topological polar surface area (TPSA) is 29.3 Å². The van der Waals surface area contributed by atoms with E-state index in [0.717, 1.165) is 41.0 Å². The Labute approximate surface area is 139 Å². The third-order valence-electron chi connectivity index (χ3n) is 3.46. The van der Waals surface area contributed by atoms with Crippen LogP contribution in [0.2, 0.25) is 4.34 Å². The zero-order chi connectivity index (χ0) is 15.4. The van der Waals surface area contributed by atoms with Gasteiger partial charge in [-0.15, -0.1) is 11.3 Å². The molecule has 0 fully saturated rings. The molecule has 0 radical (unpaired) electrons. The summed E-state index contributed by atoms with van der Waals surface area (Å²) in [6.45, 7) is 4.70. The molecule has 2 aromatic heterocycles. The van der Waals surface area contributed by atoms with Gasteiger partial charge < -0.3 is 4.52 Å². The fourth-order valence-corrected chi connectivity index (χ4v) is 3.42. The van der Waals surface area contributed by atoms with Gasteiger partial charge in [0.15, 0.2) is 5.76 Å². The second kappa shape index (κ2) is 7.09. The number of benzene rings is 1. The number of halogens is 1. The Bertz CT molecular complexity index is 723. The zero-order valence-electron chi connectivity index (χ0n) is 12.3. The van der Waals surface area contributed by atoms with Gasteiger partial charge in [0.25, 0.3) is 0 Å². The van der Waals surface area contributed by atoms with Crippen molar-refractivity contribution in [1.82, 2.24) is 10.1 Å². The Morgan fingerprint density at radius 1 is 1.14 bits per heavy atom. The maximum Gasteiger partial charge on any atom is 0.151 e. The van der Waals surface area contributed by atoms with E-state index >= 15 is 0 Å². The highest BCUT2D eigenvalue weighted by atomic mass is 35.5. The van der Waals surface area contributed by atoms with Crippen molar-refractivity contribution in [2.45, 2.75) is 20.0 Å². The minimum atomic E-state index is 0.742. The largest absolute Gasteiger partial charge is 0.359 e. The number of thiophene rings is 1. The number of hydrogen-bond acceptors (Lipinski definition) is 4. The first-order valence-corrected chi connectivity index (χ1v) is 8.41. The smallest absolute Gasteiger partial charge is 0.151 e. The molecule has 0 unspecified atom stereocenters. The summed E-state index contributed by atoms with van der Waals surface area (Å²) in [4.78, 5) is 3.56. The van der Waals surface area contributed by atoms with E-state index in [1.165, 1.54) is 4.88 Å². The van der Waals surface area contributed by atoms with Crippen molar-refractivity contribution in [3.63, 3.8) is 0 Å². The van der Waals surface area contributed by atoms with Crippen molar-refractivity contribution in [2.75, 3.05) is 6.54 Å². The molecule has 114 valence electrons. The first-order valence-electron chi connectivity index (χ1n) is 7.22. The third-order valence-corrected chi connectivity index (χ3v) is 4.68. The third kappa shape index (κ3) is 3.77. The minimum absolute atomic E-state index is 0.742. The van der Waals surface area contributed by atoms with E-state index in [2.05, 4.69) is 23.0 Å². The lowest BCUT2D eigenvalue weighted by atomic mass is 10.1. The lowest BCUT2D eigenvalue weighted by Gasteiger charge is -2.17. The summed E-state index contributed by atoms with van der Waals surface area (Å²) in [5.41, 5.74) is 1.96. The summed E-state index contributed by atoms with van der Waals surface area (Å²) in [6.07, 6.45) is 0. The first kappa shape index (κ1) is 15.3. The second-order valence-electron chi connectivity index (χ2n) is 5.05. The predicted octanol–water partition coefficient (Wildman–Crippen LogP) is 5.08. The van der Waals surface area contributed by atoms with Crippen molar-refractivity contribution < 1.29 is 4.52 Å². The van der Waals surface area contributed by atoms with Crippen LogP contribution in [0.25, 0.3) is 11.3 Å². The van der Waals surface area contributed by atoms with Gasteiger partial charge >= 0.3 is 0 Å². The molecule has 3 nitrogen and oxygen atoms in total. The Kier molecular flexibility index (Phi) is 4.93. The summed E-state index contributed by atoms with van der Waals surface area (Å²) >= 11 is 7.61. The molecule has 0 saturated heterocycles. The van der Waals surface area contributed by atoms with Crippen LogP contribution in [0.4, 0.5) is 0 Å². The molecule has 0 aliphatic heterocycles. The van der Waals surface area contributed by atoms with Crippen LogP contribution in [-0.4, -0.2) is 16.6 Å². The van der Waals surface area contributed by atoms with Crippen LogP contribution >= 0.6 is 22.9 Å². The predicted molar refractivity (Wildman–Crippen MR) is 91.1 cm³/mol. The zero-order valence-corrected chi connectivity index (χ0v) is 13.9. The van der Waals surface area contributed by atoms with Gasteiger partial charge in [-0.05, 0) is 18.7 Å². The Balaban J connectivity index is 1.68. The molecule has 0 saturated carbocycles. The second-order valence-corrected chi connectivity index (χ2v) is 6.85. The number of hydrogen-bond donors (Lipinski definition) is 0. The van der Waals surface area contributed by atoms with Crippen molar-refractivity contribution in [3.8, 4) is 11.3 Å². The fourth-order valence-electron chi connectivity index (χ4n) is 2.29. The van der Waals surface area contributed by atoms with E-state index in [4.69, 9.17) is 16.1 Å². The number of aromatic nitrogens is 1. The van der Waals surface area contributed by atoms with Gasteiger partial charge in [-0.2, -0.15) is 0 Å². The molecule has 0 N–H and O–H groups in total. The van der Waals surface area contributed by atoms with E-state index in [9.17, 15) is 0 Å². The van der Waals surface area contributed by atoms with Gasteiger partial charge in [0.2, 0.25) is 0 Å². The minimum Gasteiger partial charge on any atom is -0.359 e. The van der Waals surface area contributed by atoms with Gasteiger partial charge in [-0.25, -0.2) is 0 Å². The fraction of sp³-hybridized carbons (Fsp3) is 0.235. The molecule has 2 heterocycles. The van der Waals surface area contributed by atoms with Crippen molar-refractivity contribution in [1.29, 1.82) is 0 Å². The van der Waals surface area contributed by atoms with Crippen LogP contribution < -0.4 is 0 Å². The normalized spacial score (nSPS) is 11.2. The average Bonchev–Trinajstić information content (AvgIpc) is 3.17. The van der Waals surface area contributed by atoms with Crippen LogP contribution in [0.15, 0.2) is 53.1 Å². The van der Waals surface area contributed by atoms with Crippen LogP contribution in [0.1, 0.15) is 17.6 Å². The molecule has 0 aliphatic rings. The highest BCUT2D eigenvalue weighted by molar-refractivity contribution is 7.16. The Hall–Kier alpha value is -1.62.